The zero-order chi connectivity index (χ0) is 20.5. The van der Waals surface area contributed by atoms with Crippen molar-refractivity contribution in [3.05, 3.63) is 75.8 Å². The Hall–Kier alpha value is -3.61. The fourth-order valence-corrected chi connectivity index (χ4v) is 3.59. The van der Waals surface area contributed by atoms with Gasteiger partial charge in [-0.1, -0.05) is 36.4 Å². The van der Waals surface area contributed by atoms with Gasteiger partial charge in [-0.05, 0) is 25.3 Å². The summed E-state index contributed by atoms with van der Waals surface area (Å²) >= 11 is 0. The molecule has 0 atom stereocenters. The van der Waals surface area contributed by atoms with Crippen LogP contribution in [-0.4, -0.2) is 34.2 Å². The number of benzene rings is 2. The maximum atomic E-state index is 12.6. The Morgan fingerprint density at radius 2 is 1.97 bits per heavy atom. The van der Waals surface area contributed by atoms with Crippen molar-refractivity contribution in [1.29, 1.82) is 0 Å². The predicted octanol–water partition coefficient (Wildman–Crippen LogP) is 3.30. The lowest BCUT2D eigenvalue weighted by atomic mass is 10.1. The number of H-pyrrole nitrogens is 1. The third kappa shape index (κ3) is 3.35. The quantitative estimate of drug-likeness (QED) is 0.529. The molecule has 2 heterocycles. The van der Waals surface area contributed by atoms with Gasteiger partial charge in [0.05, 0.1) is 18.8 Å². The van der Waals surface area contributed by atoms with E-state index in [9.17, 15) is 9.59 Å². The molecule has 2 aromatic heterocycles. The fraction of sp³-hybridized carbons (Fsp3) is 0.227. The molecule has 7 heteroatoms. The zero-order valence-corrected chi connectivity index (χ0v) is 16.6. The van der Waals surface area contributed by atoms with Crippen LogP contribution in [0.25, 0.3) is 16.4 Å². The third-order valence-electron chi connectivity index (χ3n) is 4.91. The van der Waals surface area contributed by atoms with Crippen molar-refractivity contribution in [3.63, 3.8) is 0 Å². The molecule has 2 aromatic carbocycles. The Labute approximate surface area is 167 Å². The van der Waals surface area contributed by atoms with Crippen LogP contribution in [0.1, 0.15) is 28.7 Å². The summed E-state index contributed by atoms with van der Waals surface area (Å²) in [6.45, 7) is 4.14. The number of carbonyl (C=O) groups excluding carboxylic acids is 1. The molecule has 0 amide bonds. The van der Waals surface area contributed by atoms with Gasteiger partial charge in [-0.3, -0.25) is 9.89 Å². The molecular weight excluding hydrogens is 368 g/mol. The molecule has 0 fully saturated rings. The van der Waals surface area contributed by atoms with Crippen LogP contribution >= 0.6 is 0 Å². The van der Waals surface area contributed by atoms with Crippen LogP contribution < -0.4 is 10.5 Å². The minimum Gasteiger partial charge on any atom is -0.462 e. The molecule has 0 bridgehead atoms. The minimum atomic E-state index is -0.491. The van der Waals surface area contributed by atoms with E-state index in [4.69, 9.17) is 4.74 Å². The van der Waals surface area contributed by atoms with Crippen LogP contribution in [0.5, 0.6) is 0 Å². The van der Waals surface area contributed by atoms with Crippen molar-refractivity contribution < 1.29 is 9.53 Å². The number of anilines is 1. The summed E-state index contributed by atoms with van der Waals surface area (Å²) in [6, 6.07) is 15.8. The van der Waals surface area contributed by atoms with Gasteiger partial charge in [-0.15, -0.1) is 0 Å². The van der Waals surface area contributed by atoms with Gasteiger partial charge in [0.25, 0.3) is 5.56 Å². The van der Waals surface area contributed by atoms with Crippen molar-refractivity contribution in [2.24, 2.45) is 0 Å². The monoisotopic (exact) mass is 390 g/mol. The molecule has 29 heavy (non-hydrogen) atoms. The van der Waals surface area contributed by atoms with E-state index in [2.05, 4.69) is 28.3 Å². The van der Waals surface area contributed by atoms with Gasteiger partial charge in [-0.25, -0.2) is 14.3 Å². The first-order valence-electron chi connectivity index (χ1n) is 9.47. The summed E-state index contributed by atoms with van der Waals surface area (Å²) in [7, 11) is 1.96. The SMILES string of the molecule is CCOC(=O)c1c(C)[nH]n2c(=O)cc(CN(C)c3cccc4ccccc34)nc12. The molecule has 4 rings (SSSR count). The number of carbonyl (C=O) groups is 1. The van der Waals surface area contributed by atoms with E-state index in [0.29, 0.717) is 23.5 Å². The van der Waals surface area contributed by atoms with E-state index < -0.39 is 5.97 Å². The van der Waals surface area contributed by atoms with Gasteiger partial charge in [-0.2, -0.15) is 0 Å². The number of hydrogen-bond donors (Lipinski definition) is 1. The molecule has 4 aromatic rings. The van der Waals surface area contributed by atoms with Gasteiger partial charge in [0.15, 0.2) is 5.65 Å². The van der Waals surface area contributed by atoms with Gasteiger partial charge >= 0.3 is 5.97 Å². The number of fused-ring (bicyclic) bond motifs is 2. The highest BCUT2D eigenvalue weighted by atomic mass is 16.5. The Morgan fingerprint density at radius 1 is 1.21 bits per heavy atom. The first-order chi connectivity index (χ1) is 14.0. The average Bonchev–Trinajstić information content (AvgIpc) is 3.04. The smallest absolute Gasteiger partial charge is 0.343 e. The summed E-state index contributed by atoms with van der Waals surface area (Å²) in [6.07, 6.45) is 0. The number of nitrogens with one attached hydrogen (secondary N) is 1. The molecule has 0 aliphatic rings. The van der Waals surface area contributed by atoms with Gasteiger partial charge < -0.3 is 9.64 Å². The first kappa shape index (κ1) is 18.7. The number of aryl methyl sites for hydroxylation is 1. The van der Waals surface area contributed by atoms with Crippen LogP contribution in [0, 0.1) is 6.92 Å². The molecular formula is C22H22N4O3. The highest BCUT2D eigenvalue weighted by Gasteiger charge is 2.20. The predicted molar refractivity (Wildman–Crippen MR) is 113 cm³/mol. The third-order valence-corrected chi connectivity index (χ3v) is 4.91. The molecule has 0 aliphatic heterocycles. The normalized spacial score (nSPS) is 11.1. The van der Waals surface area contributed by atoms with Crippen LogP contribution in [0.2, 0.25) is 0 Å². The van der Waals surface area contributed by atoms with E-state index >= 15 is 0 Å². The molecule has 0 saturated heterocycles. The van der Waals surface area contributed by atoms with Crippen molar-refractivity contribution >= 4 is 28.1 Å². The first-order valence-corrected chi connectivity index (χ1v) is 9.47. The summed E-state index contributed by atoms with van der Waals surface area (Å²) in [5.41, 5.74) is 2.48. The average molecular weight is 390 g/mol. The molecule has 0 saturated carbocycles. The number of aromatic amines is 1. The lowest BCUT2D eigenvalue weighted by Crippen LogP contribution is -2.22. The van der Waals surface area contributed by atoms with Gasteiger partial charge in [0, 0.05) is 29.9 Å². The summed E-state index contributed by atoms with van der Waals surface area (Å²) in [5, 5.41) is 5.17. The second kappa shape index (κ2) is 7.43. The van der Waals surface area contributed by atoms with Crippen molar-refractivity contribution in [2.75, 3.05) is 18.6 Å². The second-order valence-corrected chi connectivity index (χ2v) is 6.93. The summed E-state index contributed by atoms with van der Waals surface area (Å²) < 4.78 is 6.41. The maximum absolute atomic E-state index is 12.6. The summed E-state index contributed by atoms with van der Waals surface area (Å²) in [5.74, 6) is -0.491. The lowest BCUT2D eigenvalue weighted by Gasteiger charge is -2.21. The van der Waals surface area contributed by atoms with E-state index in [0.717, 1.165) is 16.5 Å². The highest BCUT2D eigenvalue weighted by molar-refractivity contribution is 5.97. The van der Waals surface area contributed by atoms with Crippen LogP contribution in [0.4, 0.5) is 5.69 Å². The van der Waals surface area contributed by atoms with Crippen molar-refractivity contribution in [3.8, 4) is 0 Å². The number of esters is 1. The number of aromatic nitrogens is 3. The molecule has 148 valence electrons. The van der Waals surface area contributed by atoms with E-state index in [-0.39, 0.29) is 17.8 Å². The van der Waals surface area contributed by atoms with Gasteiger partial charge in [0.1, 0.15) is 5.56 Å². The number of nitrogens with zero attached hydrogens (tertiary/aromatic N) is 3. The van der Waals surface area contributed by atoms with Crippen molar-refractivity contribution in [2.45, 2.75) is 20.4 Å². The Morgan fingerprint density at radius 3 is 2.76 bits per heavy atom. The number of rotatable bonds is 5. The Balaban J connectivity index is 1.75. The largest absolute Gasteiger partial charge is 0.462 e. The molecule has 0 unspecified atom stereocenters. The maximum Gasteiger partial charge on any atom is 0.343 e. The minimum absolute atomic E-state index is 0.253. The van der Waals surface area contributed by atoms with Crippen LogP contribution in [0.15, 0.2) is 53.3 Å². The van der Waals surface area contributed by atoms with Crippen LogP contribution in [-0.2, 0) is 11.3 Å². The molecule has 0 radical (unpaired) electrons. The molecule has 1 N–H and O–H groups in total. The lowest BCUT2D eigenvalue weighted by molar-refractivity contribution is 0.0527. The molecule has 7 nitrogen and oxygen atoms in total. The molecule has 0 aliphatic carbocycles. The van der Waals surface area contributed by atoms with E-state index in [1.54, 1.807) is 13.8 Å². The standard InChI is InChI=1S/C22H22N4O3/c1-4-29-22(28)20-14(2)24-26-19(27)12-16(23-21(20)26)13-25(3)18-11-7-9-15-8-5-6-10-17(15)18/h5-12,24H,4,13H2,1-3H3. The number of hydrogen-bond acceptors (Lipinski definition) is 5. The Kier molecular flexibility index (Phi) is 4.80. The molecule has 0 spiro atoms. The fourth-order valence-electron chi connectivity index (χ4n) is 3.59. The van der Waals surface area contributed by atoms with Crippen LogP contribution in [0.3, 0.4) is 0 Å². The van der Waals surface area contributed by atoms with Gasteiger partial charge in [0.2, 0.25) is 0 Å². The zero-order valence-electron chi connectivity index (χ0n) is 16.6. The summed E-state index contributed by atoms with van der Waals surface area (Å²) in [4.78, 5) is 31.6. The highest BCUT2D eigenvalue weighted by Crippen LogP contribution is 2.26. The number of ether oxygens (including phenoxy) is 1. The van der Waals surface area contributed by atoms with E-state index in [1.807, 2.05) is 36.2 Å². The van der Waals surface area contributed by atoms with E-state index in [1.165, 1.54) is 10.6 Å². The van der Waals surface area contributed by atoms with Crippen molar-refractivity contribution in [1.82, 2.24) is 14.6 Å². The Bertz CT molecular complexity index is 1270. The second-order valence-electron chi connectivity index (χ2n) is 6.93. The topological polar surface area (TPSA) is 79.7 Å².